The van der Waals surface area contributed by atoms with Crippen molar-refractivity contribution in [3.63, 3.8) is 0 Å². The fraction of sp³-hybridized carbons (Fsp3) is 0.222. The fourth-order valence-electron chi connectivity index (χ4n) is 0.919. The van der Waals surface area contributed by atoms with Crippen molar-refractivity contribution >= 4 is 33.8 Å². The van der Waals surface area contributed by atoms with E-state index in [4.69, 9.17) is 14.9 Å². The van der Waals surface area contributed by atoms with Gasteiger partial charge in [-0.15, -0.1) is 0 Å². The Morgan fingerprint density at radius 1 is 1.47 bits per heavy atom. The summed E-state index contributed by atoms with van der Waals surface area (Å²) >= 11 is 3.01. The lowest BCUT2D eigenvalue weighted by molar-refractivity contribution is -0.127. The Kier molecular flexibility index (Phi) is 4.27. The monoisotopic (exact) mass is 304 g/mol. The van der Waals surface area contributed by atoms with E-state index in [-0.39, 0.29) is 5.76 Å². The zero-order valence-electron chi connectivity index (χ0n) is 8.73. The molecule has 1 atom stereocenters. The molecule has 0 fully saturated rings. The molecular formula is C9H9BrN2O5. The lowest BCUT2D eigenvalue weighted by Gasteiger charge is -2.10. The summed E-state index contributed by atoms with van der Waals surface area (Å²) in [5, 5.41) is 1.79. The molecule has 0 aromatic carbocycles. The standard InChI is InChI=1S/C9H9BrN2O5/c1-4(7(13)12-9(11)15)16-8(14)5-2-3-6(10)17-5/h2-4H,1H3,(H3,11,12,13,15)/t4-/m0/s1. The van der Waals surface area contributed by atoms with E-state index in [9.17, 15) is 14.4 Å². The number of amides is 3. The van der Waals surface area contributed by atoms with Gasteiger partial charge in [0.05, 0.1) is 0 Å². The average molecular weight is 305 g/mol. The van der Waals surface area contributed by atoms with Crippen LogP contribution in [0.25, 0.3) is 0 Å². The second-order valence-electron chi connectivity index (χ2n) is 3.00. The van der Waals surface area contributed by atoms with Gasteiger partial charge in [-0.2, -0.15) is 0 Å². The molecule has 1 aromatic rings. The maximum absolute atomic E-state index is 11.4. The minimum Gasteiger partial charge on any atom is -0.447 e. The molecule has 1 heterocycles. The van der Waals surface area contributed by atoms with Gasteiger partial charge in [0.25, 0.3) is 5.91 Å². The Morgan fingerprint density at radius 3 is 2.59 bits per heavy atom. The molecular weight excluding hydrogens is 296 g/mol. The lowest BCUT2D eigenvalue weighted by Crippen LogP contribution is -2.42. The summed E-state index contributed by atoms with van der Waals surface area (Å²) in [4.78, 5) is 33.0. The lowest BCUT2D eigenvalue weighted by atomic mass is 10.3. The normalized spacial score (nSPS) is 11.6. The quantitative estimate of drug-likeness (QED) is 0.802. The van der Waals surface area contributed by atoms with Crippen molar-refractivity contribution in [1.82, 2.24) is 5.32 Å². The molecule has 0 aliphatic rings. The van der Waals surface area contributed by atoms with Gasteiger partial charge in [-0.05, 0) is 35.0 Å². The van der Waals surface area contributed by atoms with Gasteiger partial charge in [0, 0.05) is 0 Å². The van der Waals surface area contributed by atoms with E-state index >= 15 is 0 Å². The third kappa shape index (κ3) is 3.91. The van der Waals surface area contributed by atoms with Crippen LogP contribution in [0.15, 0.2) is 21.2 Å². The third-order valence-electron chi connectivity index (χ3n) is 1.67. The topological polar surface area (TPSA) is 112 Å². The molecule has 0 bridgehead atoms. The number of hydrogen-bond donors (Lipinski definition) is 2. The Morgan fingerprint density at radius 2 is 2.12 bits per heavy atom. The van der Waals surface area contributed by atoms with Crippen molar-refractivity contribution in [1.29, 1.82) is 0 Å². The molecule has 0 saturated carbocycles. The van der Waals surface area contributed by atoms with E-state index in [2.05, 4.69) is 15.9 Å². The first-order valence-electron chi connectivity index (χ1n) is 4.46. The Hall–Kier alpha value is -1.83. The zero-order chi connectivity index (χ0) is 13.0. The van der Waals surface area contributed by atoms with Crippen LogP contribution in [0.5, 0.6) is 0 Å². The van der Waals surface area contributed by atoms with Crippen molar-refractivity contribution in [2.24, 2.45) is 5.73 Å². The summed E-state index contributed by atoms with van der Waals surface area (Å²) < 4.78 is 10.0. The molecule has 92 valence electrons. The summed E-state index contributed by atoms with van der Waals surface area (Å²) in [6, 6.07) is 1.87. The van der Waals surface area contributed by atoms with Crippen LogP contribution in [-0.2, 0) is 9.53 Å². The Balaban J connectivity index is 2.57. The fourth-order valence-corrected chi connectivity index (χ4v) is 1.23. The number of urea groups is 1. The number of primary amides is 1. The Bertz CT molecular complexity index is 456. The average Bonchev–Trinajstić information content (AvgIpc) is 2.63. The van der Waals surface area contributed by atoms with E-state index < -0.39 is 24.0 Å². The number of imide groups is 1. The highest BCUT2D eigenvalue weighted by Gasteiger charge is 2.21. The van der Waals surface area contributed by atoms with Crippen molar-refractivity contribution in [2.45, 2.75) is 13.0 Å². The van der Waals surface area contributed by atoms with E-state index in [1.54, 1.807) is 5.32 Å². The molecule has 0 aliphatic heterocycles. The number of hydrogen-bond acceptors (Lipinski definition) is 5. The highest BCUT2D eigenvalue weighted by Crippen LogP contribution is 2.15. The van der Waals surface area contributed by atoms with Gasteiger partial charge in [0.1, 0.15) is 0 Å². The number of halogens is 1. The molecule has 0 aliphatic carbocycles. The first kappa shape index (κ1) is 13.2. The number of esters is 1. The van der Waals surface area contributed by atoms with Gasteiger partial charge in [-0.3, -0.25) is 10.1 Å². The van der Waals surface area contributed by atoms with Crippen LogP contribution in [0.3, 0.4) is 0 Å². The summed E-state index contributed by atoms with van der Waals surface area (Å²) in [5.41, 5.74) is 4.74. The van der Waals surface area contributed by atoms with Gasteiger partial charge in [-0.1, -0.05) is 0 Å². The minimum absolute atomic E-state index is 0.0596. The van der Waals surface area contributed by atoms with Gasteiger partial charge >= 0.3 is 12.0 Å². The summed E-state index contributed by atoms with van der Waals surface area (Å²) in [7, 11) is 0. The molecule has 3 amide bonds. The van der Waals surface area contributed by atoms with Crippen molar-refractivity contribution in [2.75, 3.05) is 0 Å². The van der Waals surface area contributed by atoms with Crippen LogP contribution in [0.1, 0.15) is 17.5 Å². The molecule has 1 rings (SSSR count). The zero-order valence-corrected chi connectivity index (χ0v) is 10.3. The first-order valence-corrected chi connectivity index (χ1v) is 5.26. The molecule has 1 aromatic heterocycles. The van der Waals surface area contributed by atoms with E-state index in [0.717, 1.165) is 0 Å². The van der Waals surface area contributed by atoms with E-state index in [1.807, 2.05) is 0 Å². The molecule has 17 heavy (non-hydrogen) atoms. The van der Waals surface area contributed by atoms with Crippen LogP contribution in [-0.4, -0.2) is 24.0 Å². The second kappa shape index (κ2) is 5.48. The van der Waals surface area contributed by atoms with Crippen LogP contribution in [0.2, 0.25) is 0 Å². The predicted molar refractivity (Wildman–Crippen MR) is 59.0 cm³/mol. The summed E-state index contributed by atoms with van der Waals surface area (Å²) in [5.74, 6) is -1.69. The van der Waals surface area contributed by atoms with E-state index in [0.29, 0.717) is 4.67 Å². The number of nitrogens with one attached hydrogen (secondary N) is 1. The predicted octanol–water partition coefficient (Wildman–Crippen LogP) is 0.782. The highest BCUT2D eigenvalue weighted by molar-refractivity contribution is 9.10. The van der Waals surface area contributed by atoms with Crippen LogP contribution in [0.4, 0.5) is 4.79 Å². The molecule has 7 nitrogen and oxygen atoms in total. The number of furan rings is 1. The number of nitrogens with two attached hydrogens (primary N) is 1. The van der Waals surface area contributed by atoms with Crippen molar-refractivity contribution < 1.29 is 23.5 Å². The number of carbonyl (C=O) groups excluding carboxylic acids is 3. The molecule has 0 saturated heterocycles. The molecule has 8 heteroatoms. The first-order chi connectivity index (χ1) is 7.90. The minimum atomic E-state index is -1.15. The molecule has 3 N–H and O–H groups in total. The van der Waals surface area contributed by atoms with Gasteiger partial charge < -0.3 is 14.9 Å². The third-order valence-corrected chi connectivity index (χ3v) is 2.10. The SMILES string of the molecule is C[C@H](OC(=O)c1ccc(Br)o1)C(=O)NC(N)=O. The van der Waals surface area contributed by atoms with Gasteiger partial charge in [0.15, 0.2) is 10.8 Å². The van der Waals surface area contributed by atoms with Crippen molar-refractivity contribution in [3.8, 4) is 0 Å². The highest BCUT2D eigenvalue weighted by atomic mass is 79.9. The maximum atomic E-state index is 11.4. The second-order valence-corrected chi connectivity index (χ2v) is 3.79. The van der Waals surface area contributed by atoms with Crippen LogP contribution >= 0.6 is 15.9 Å². The number of ether oxygens (including phenoxy) is 1. The number of carbonyl (C=O) groups is 3. The number of rotatable bonds is 3. The van der Waals surface area contributed by atoms with Crippen molar-refractivity contribution in [3.05, 3.63) is 22.6 Å². The molecule has 0 radical (unpaired) electrons. The summed E-state index contributed by atoms with van der Waals surface area (Å²) in [6.07, 6.45) is -1.15. The smallest absolute Gasteiger partial charge is 0.375 e. The maximum Gasteiger partial charge on any atom is 0.375 e. The van der Waals surface area contributed by atoms with E-state index in [1.165, 1.54) is 19.1 Å². The van der Waals surface area contributed by atoms with Crippen LogP contribution in [0, 0.1) is 0 Å². The van der Waals surface area contributed by atoms with Gasteiger partial charge in [-0.25, -0.2) is 9.59 Å². The molecule has 0 unspecified atom stereocenters. The Labute approximate surface area is 104 Å². The van der Waals surface area contributed by atoms with Crippen LogP contribution < -0.4 is 11.1 Å². The van der Waals surface area contributed by atoms with Gasteiger partial charge in [0.2, 0.25) is 5.76 Å². The molecule has 0 spiro atoms. The largest absolute Gasteiger partial charge is 0.447 e. The summed E-state index contributed by atoms with van der Waals surface area (Å²) in [6.45, 7) is 1.30.